The van der Waals surface area contributed by atoms with Crippen molar-refractivity contribution in [3.05, 3.63) is 63.6 Å². The Kier molecular flexibility index (Phi) is 4.80. The first-order valence-corrected chi connectivity index (χ1v) is 8.48. The Hall–Kier alpha value is -2.02. The predicted molar refractivity (Wildman–Crippen MR) is 90.2 cm³/mol. The molecule has 0 aliphatic carbocycles. The van der Waals surface area contributed by atoms with Crippen LogP contribution in [-0.2, 0) is 9.63 Å². The first-order valence-electron chi connectivity index (χ1n) is 6.74. The molecule has 0 atom stereocenters. The van der Waals surface area contributed by atoms with Crippen LogP contribution in [0.2, 0.25) is 10.0 Å². The SMILES string of the molecule is O=C(CSc1cc(Cl)ccc1Cl)ON1C(=O)c2ccccc2C1=O. The van der Waals surface area contributed by atoms with E-state index in [0.29, 0.717) is 20.0 Å². The number of carbonyl (C=O) groups is 3. The number of hydroxylamine groups is 2. The van der Waals surface area contributed by atoms with Crippen LogP contribution in [0.25, 0.3) is 0 Å². The van der Waals surface area contributed by atoms with Gasteiger partial charge in [0.25, 0.3) is 11.8 Å². The minimum absolute atomic E-state index is 0.131. The topological polar surface area (TPSA) is 63.7 Å². The van der Waals surface area contributed by atoms with Gasteiger partial charge in [-0.05, 0) is 30.3 Å². The van der Waals surface area contributed by atoms with Gasteiger partial charge in [-0.2, -0.15) is 0 Å². The third-order valence-corrected chi connectivity index (χ3v) is 4.89. The molecule has 122 valence electrons. The van der Waals surface area contributed by atoms with Crippen LogP contribution in [0.1, 0.15) is 20.7 Å². The van der Waals surface area contributed by atoms with Gasteiger partial charge in [-0.15, -0.1) is 11.8 Å². The van der Waals surface area contributed by atoms with Gasteiger partial charge in [-0.25, -0.2) is 4.79 Å². The molecule has 0 saturated heterocycles. The molecule has 2 aromatic carbocycles. The first kappa shape index (κ1) is 16.8. The van der Waals surface area contributed by atoms with E-state index >= 15 is 0 Å². The molecule has 0 bridgehead atoms. The zero-order valence-corrected chi connectivity index (χ0v) is 14.3. The van der Waals surface area contributed by atoms with Gasteiger partial charge in [-0.3, -0.25) is 9.59 Å². The van der Waals surface area contributed by atoms with E-state index in [1.54, 1.807) is 30.3 Å². The van der Waals surface area contributed by atoms with Crippen molar-refractivity contribution in [2.24, 2.45) is 0 Å². The second-order valence-corrected chi connectivity index (χ2v) is 6.64. The Morgan fingerprint density at radius 2 is 1.67 bits per heavy atom. The summed E-state index contributed by atoms with van der Waals surface area (Å²) in [6.07, 6.45) is 0. The third kappa shape index (κ3) is 3.26. The number of benzene rings is 2. The quantitative estimate of drug-likeness (QED) is 0.594. The van der Waals surface area contributed by atoms with Gasteiger partial charge in [0.2, 0.25) is 0 Å². The Morgan fingerprint density at radius 3 is 2.29 bits per heavy atom. The Balaban J connectivity index is 1.65. The molecule has 0 spiro atoms. The highest BCUT2D eigenvalue weighted by Crippen LogP contribution is 2.30. The van der Waals surface area contributed by atoms with E-state index in [4.69, 9.17) is 28.0 Å². The van der Waals surface area contributed by atoms with Gasteiger partial charge in [0.05, 0.1) is 21.9 Å². The molecule has 24 heavy (non-hydrogen) atoms. The maximum Gasteiger partial charge on any atom is 0.343 e. The normalized spacial score (nSPS) is 13.2. The monoisotopic (exact) mass is 381 g/mol. The summed E-state index contributed by atoms with van der Waals surface area (Å²) < 4.78 is 0. The molecule has 1 heterocycles. The van der Waals surface area contributed by atoms with Crippen LogP contribution in [0.4, 0.5) is 0 Å². The Morgan fingerprint density at radius 1 is 1.04 bits per heavy atom. The number of rotatable bonds is 4. The summed E-state index contributed by atoms with van der Waals surface area (Å²) in [4.78, 5) is 41.7. The maximum absolute atomic E-state index is 12.1. The van der Waals surface area contributed by atoms with E-state index in [9.17, 15) is 14.4 Å². The van der Waals surface area contributed by atoms with Crippen molar-refractivity contribution in [2.45, 2.75) is 4.90 Å². The van der Waals surface area contributed by atoms with Gasteiger partial charge in [0.1, 0.15) is 0 Å². The van der Waals surface area contributed by atoms with Crippen LogP contribution in [0.5, 0.6) is 0 Å². The minimum Gasteiger partial charge on any atom is -0.329 e. The van der Waals surface area contributed by atoms with E-state index in [2.05, 4.69) is 0 Å². The van der Waals surface area contributed by atoms with Crippen molar-refractivity contribution in [2.75, 3.05) is 5.75 Å². The molecule has 2 aromatic rings. The number of carbonyl (C=O) groups excluding carboxylic acids is 3. The average Bonchev–Trinajstić information content (AvgIpc) is 2.81. The summed E-state index contributed by atoms with van der Waals surface area (Å²) in [6, 6.07) is 11.1. The lowest BCUT2D eigenvalue weighted by Gasteiger charge is -2.12. The molecule has 0 radical (unpaired) electrons. The summed E-state index contributed by atoms with van der Waals surface area (Å²) in [5.74, 6) is -2.19. The summed E-state index contributed by atoms with van der Waals surface area (Å²) in [5.41, 5.74) is 0.418. The number of thioether (sulfide) groups is 1. The van der Waals surface area contributed by atoms with Gasteiger partial charge in [0.15, 0.2) is 0 Å². The lowest BCUT2D eigenvalue weighted by atomic mass is 10.1. The van der Waals surface area contributed by atoms with Crippen molar-refractivity contribution in [3.8, 4) is 0 Å². The van der Waals surface area contributed by atoms with Gasteiger partial charge in [-0.1, -0.05) is 40.4 Å². The molecular weight excluding hydrogens is 373 g/mol. The number of imide groups is 1. The van der Waals surface area contributed by atoms with Crippen LogP contribution in [0, 0.1) is 0 Å². The van der Waals surface area contributed by atoms with Crippen molar-refractivity contribution in [1.29, 1.82) is 0 Å². The number of amides is 2. The lowest BCUT2D eigenvalue weighted by Crippen LogP contribution is -2.33. The Bertz CT molecular complexity index is 821. The lowest BCUT2D eigenvalue weighted by molar-refractivity contribution is -0.165. The largest absolute Gasteiger partial charge is 0.343 e. The molecule has 3 rings (SSSR count). The number of hydrogen-bond acceptors (Lipinski definition) is 5. The first-order chi connectivity index (χ1) is 11.5. The maximum atomic E-state index is 12.1. The molecule has 5 nitrogen and oxygen atoms in total. The van der Waals surface area contributed by atoms with E-state index in [-0.39, 0.29) is 16.9 Å². The number of halogens is 2. The molecule has 0 fully saturated rings. The number of fused-ring (bicyclic) bond motifs is 1. The highest BCUT2D eigenvalue weighted by Gasteiger charge is 2.38. The fourth-order valence-electron chi connectivity index (χ4n) is 2.10. The molecular formula is C16H9Cl2NO4S. The smallest absolute Gasteiger partial charge is 0.329 e. The molecule has 0 N–H and O–H groups in total. The summed E-state index contributed by atoms with van der Waals surface area (Å²) in [5, 5.41) is 1.40. The minimum atomic E-state index is -0.745. The summed E-state index contributed by atoms with van der Waals surface area (Å²) in [7, 11) is 0. The van der Waals surface area contributed by atoms with E-state index < -0.39 is 17.8 Å². The molecule has 0 saturated carbocycles. The fourth-order valence-corrected chi connectivity index (χ4v) is 3.36. The predicted octanol–water partition coefficient (Wildman–Crippen LogP) is 3.84. The third-order valence-electron chi connectivity index (χ3n) is 3.19. The summed E-state index contributed by atoms with van der Waals surface area (Å²) >= 11 is 13.0. The van der Waals surface area contributed by atoms with E-state index in [0.717, 1.165) is 11.8 Å². The molecule has 8 heteroatoms. The van der Waals surface area contributed by atoms with Crippen molar-refractivity contribution in [1.82, 2.24) is 5.06 Å². The van der Waals surface area contributed by atoms with Gasteiger partial charge in [0, 0.05) is 9.92 Å². The van der Waals surface area contributed by atoms with Crippen molar-refractivity contribution >= 4 is 52.7 Å². The zero-order valence-electron chi connectivity index (χ0n) is 12.0. The standard InChI is InChI=1S/C16H9Cl2NO4S/c17-9-5-6-12(18)13(7-9)24-8-14(20)23-19-15(21)10-3-1-2-4-11(10)16(19)22/h1-7H,8H2. The average molecular weight is 382 g/mol. The van der Waals surface area contributed by atoms with Gasteiger partial charge >= 0.3 is 5.97 Å². The molecule has 1 aliphatic heterocycles. The zero-order chi connectivity index (χ0) is 17.3. The van der Waals surface area contributed by atoms with Crippen LogP contribution in [0.3, 0.4) is 0 Å². The highest BCUT2D eigenvalue weighted by molar-refractivity contribution is 8.00. The molecule has 1 aliphatic rings. The van der Waals surface area contributed by atoms with Crippen LogP contribution in [-0.4, -0.2) is 28.6 Å². The van der Waals surface area contributed by atoms with Crippen LogP contribution in [0.15, 0.2) is 47.4 Å². The number of nitrogens with zero attached hydrogens (tertiary/aromatic N) is 1. The second-order valence-electron chi connectivity index (χ2n) is 4.78. The van der Waals surface area contributed by atoms with E-state index in [1.807, 2.05) is 0 Å². The van der Waals surface area contributed by atoms with E-state index in [1.165, 1.54) is 12.1 Å². The fraction of sp³-hybridized carbons (Fsp3) is 0.0625. The molecule has 0 aromatic heterocycles. The second kappa shape index (κ2) is 6.84. The highest BCUT2D eigenvalue weighted by atomic mass is 35.5. The van der Waals surface area contributed by atoms with Crippen LogP contribution >= 0.6 is 35.0 Å². The van der Waals surface area contributed by atoms with Gasteiger partial charge < -0.3 is 4.84 Å². The molecule has 2 amide bonds. The Labute approximate surface area is 151 Å². The van der Waals surface area contributed by atoms with Crippen LogP contribution < -0.4 is 0 Å². The molecule has 0 unspecified atom stereocenters. The summed E-state index contributed by atoms with van der Waals surface area (Å²) in [6.45, 7) is 0. The van der Waals surface area contributed by atoms with Crippen molar-refractivity contribution in [3.63, 3.8) is 0 Å². The number of hydrogen-bond donors (Lipinski definition) is 0. The van der Waals surface area contributed by atoms with Crippen molar-refractivity contribution < 1.29 is 19.2 Å².